The highest BCUT2D eigenvalue weighted by Gasteiger charge is 2.12. The predicted octanol–water partition coefficient (Wildman–Crippen LogP) is 1.38. The van der Waals surface area contributed by atoms with Gasteiger partial charge in [0.2, 0.25) is 0 Å². The summed E-state index contributed by atoms with van der Waals surface area (Å²) in [4.78, 5) is 22.9. The first-order valence-corrected chi connectivity index (χ1v) is 8.55. The molecule has 2 N–H and O–H groups in total. The van der Waals surface area contributed by atoms with Gasteiger partial charge < -0.3 is 10.4 Å². The van der Waals surface area contributed by atoms with Crippen LogP contribution in [0.15, 0.2) is 31.0 Å². The van der Waals surface area contributed by atoms with E-state index < -0.39 is 5.97 Å². The minimum atomic E-state index is -0.913. The number of aryl methyl sites for hydroxylation is 3. The van der Waals surface area contributed by atoms with Gasteiger partial charge in [-0.3, -0.25) is 23.6 Å². The molecular formula is C17H21N7O3. The van der Waals surface area contributed by atoms with E-state index in [1.807, 2.05) is 24.7 Å². The van der Waals surface area contributed by atoms with Crippen LogP contribution in [0.4, 0.5) is 5.69 Å². The first-order chi connectivity index (χ1) is 12.9. The number of carbonyl (C=O) groups is 2. The summed E-state index contributed by atoms with van der Waals surface area (Å²) in [6.07, 6.45) is 8.18. The molecule has 0 aromatic carbocycles. The molecule has 10 heteroatoms. The molecule has 3 heterocycles. The molecule has 0 aliphatic rings. The van der Waals surface area contributed by atoms with Crippen LogP contribution in [0.3, 0.4) is 0 Å². The van der Waals surface area contributed by atoms with Crippen molar-refractivity contribution in [3.05, 3.63) is 47.8 Å². The maximum absolute atomic E-state index is 12.3. The second-order valence-corrected chi connectivity index (χ2v) is 6.11. The Hall–Kier alpha value is -3.43. The molecule has 1 amide bonds. The summed E-state index contributed by atoms with van der Waals surface area (Å²) >= 11 is 0. The molecule has 0 spiro atoms. The number of carboxylic acids is 1. The zero-order valence-corrected chi connectivity index (χ0v) is 15.2. The van der Waals surface area contributed by atoms with E-state index in [4.69, 9.17) is 5.11 Å². The van der Waals surface area contributed by atoms with E-state index >= 15 is 0 Å². The Bertz CT molecular complexity index is 954. The van der Waals surface area contributed by atoms with Crippen LogP contribution in [-0.4, -0.2) is 46.3 Å². The van der Waals surface area contributed by atoms with Crippen LogP contribution in [0, 0.1) is 6.92 Å². The number of nitrogens with zero attached hydrogens (tertiary/aromatic N) is 6. The predicted molar refractivity (Wildman–Crippen MR) is 96.4 cm³/mol. The highest BCUT2D eigenvalue weighted by molar-refractivity contribution is 6.03. The number of aliphatic carboxylic acids is 1. The van der Waals surface area contributed by atoms with Gasteiger partial charge in [-0.05, 0) is 13.8 Å². The van der Waals surface area contributed by atoms with Gasteiger partial charge in [0.15, 0.2) is 0 Å². The van der Waals surface area contributed by atoms with Gasteiger partial charge in [0, 0.05) is 30.7 Å². The number of aromatic nitrogens is 6. The van der Waals surface area contributed by atoms with Gasteiger partial charge in [0.1, 0.15) is 0 Å². The molecule has 10 nitrogen and oxygen atoms in total. The van der Waals surface area contributed by atoms with Gasteiger partial charge in [-0.25, -0.2) is 0 Å². The fourth-order valence-electron chi connectivity index (χ4n) is 2.58. The highest BCUT2D eigenvalue weighted by Crippen LogP contribution is 2.12. The van der Waals surface area contributed by atoms with Crippen molar-refractivity contribution < 1.29 is 14.7 Å². The van der Waals surface area contributed by atoms with Gasteiger partial charge in [-0.1, -0.05) is 0 Å². The molecule has 0 unspecified atom stereocenters. The summed E-state index contributed by atoms with van der Waals surface area (Å²) in [7, 11) is 0. The van der Waals surface area contributed by atoms with E-state index in [2.05, 4.69) is 20.6 Å². The van der Waals surface area contributed by atoms with Crippen molar-refractivity contribution in [3.63, 3.8) is 0 Å². The number of hydrogen-bond donors (Lipinski definition) is 2. The molecule has 0 saturated heterocycles. The minimum Gasteiger partial charge on any atom is -0.481 e. The summed E-state index contributed by atoms with van der Waals surface area (Å²) in [5.74, 6) is -1.24. The van der Waals surface area contributed by atoms with Crippen LogP contribution in [-0.2, 0) is 24.4 Å². The van der Waals surface area contributed by atoms with E-state index in [1.165, 1.54) is 17.1 Å². The Kier molecular flexibility index (Phi) is 5.34. The molecule has 3 rings (SSSR count). The van der Waals surface area contributed by atoms with E-state index in [0.29, 0.717) is 17.8 Å². The monoisotopic (exact) mass is 371 g/mol. The van der Waals surface area contributed by atoms with Crippen LogP contribution in [0.5, 0.6) is 0 Å². The Morgan fingerprint density at radius 3 is 2.59 bits per heavy atom. The zero-order chi connectivity index (χ0) is 19.4. The van der Waals surface area contributed by atoms with Gasteiger partial charge in [0.25, 0.3) is 5.91 Å². The van der Waals surface area contributed by atoms with Gasteiger partial charge in [0.05, 0.1) is 48.8 Å². The lowest BCUT2D eigenvalue weighted by Gasteiger charge is -2.01. The highest BCUT2D eigenvalue weighted by atomic mass is 16.4. The zero-order valence-electron chi connectivity index (χ0n) is 15.2. The number of rotatable bonds is 8. The van der Waals surface area contributed by atoms with Gasteiger partial charge >= 0.3 is 5.97 Å². The van der Waals surface area contributed by atoms with Crippen LogP contribution in [0.1, 0.15) is 35.0 Å². The van der Waals surface area contributed by atoms with Crippen molar-refractivity contribution in [2.24, 2.45) is 0 Å². The number of hydrogen-bond acceptors (Lipinski definition) is 5. The summed E-state index contributed by atoms with van der Waals surface area (Å²) < 4.78 is 5.04. The van der Waals surface area contributed by atoms with Crippen LogP contribution >= 0.6 is 0 Å². The Morgan fingerprint density at radius 1 is 1.11 bits per heavy atom. The third-order valence-electron chi connectivity index (χ3n) is 4.05. The summed E-state index contributed by atoms with van der Waals surface area (Å²) in [5.41, 5.74) is 2.94. The molecule has 0 saturated carbocycles. The molecule has 0 aliphatic carbocycles. The maximum atomic E-state index is 12.3. The number of carbonyl (C=O) groups excluding carboxylic acids is 1. The molecule has 0 fully saturated rings. The minimum absolute atomic E-state index is 0.0520. The van der Waals surface area contributed by atoms with Gasteiger partial charge in [-0.2, -0.15) is 15.3 Å². The van der Waals surface area contributed by atoms with Crippen molar-refractivity contribution in [2.45, 2.75) is 39.9 Å². The molecule has 3 aromatic rings. The molecule has 3 aromatic heterocycles. The number of amides is 1. The lowest BCUT2D eigenvalue weighted by atomic mass is 10.3. The first kappa shape index (κ1) is 18.4. The van der Waals surface area contributed by atoms with Crippen molar-refractivity contribution in [3.8, 4) is 0 Å². The number of nitrogens with one attached hydrogen (secondary N) is 1. The Morgan fingerprint density at radius 2 is 1.89 bits per heavy atom. The normalized spacial score (nSPS) is 10.9. The second-order valence-electron chi connectivity index (χ2n) is 6.11. The molecular weight excluding hydrogens is 350 g/mol. The smallest absolute Gasteiger partial charge is 0.305 e. The van der Waals surface area contributed by atoms with E-state index in [9.17, 15) is 9.59 Å². The molecule has 0 atom stereocenters. The summed E-state index contributed by atoms with van der Waals surface area (Å²) in [6.45, 7) is 5.57. The van der Waals surface area contributed by atoms with E-state index in [0.717, 1.165) is 17.8 Å². The van der Waals surface area contributed by atoms with Crippen molar-refractivity contribution in [1.82, 2.24) is 29.3 Å². The fraction of sp³-hybridized carbons (Fsp3) is 0.353. The second kappa shape index (κ2) is 7.85. The fourth-order valence-corrected chi connectivity index (χ4v) is 2.58. The average molecular weight is 371 g/mol. The third-order valence-corrected chi connectivity index (χ3v) is 4.05. The standard InChI is InChI=1S/C17H21N7O3/c1-3-22-9-14(12(2)21-22)10-24-11-15(7-19-24)20-17(27)13-6-18-23(8-13)5-4-16(25)26/h6-9,11H,3-5,10H2,1-2H3,(H,20,27)(H,25,26). The molecule has 27 heavy (non-hydrogen) atoms. The van der Waals surface area contributed by atoms with E-state index in [-0.39, 0.29) is 18.9 Å². The Labute approximate surface area is 155 Å². The first-order valence-electron chi connectivity index (χ1n) is 8.55. The van der Waals surface area contributed by atoms with Crippen molar-refractivity contribution >= 4 is 17.6 Å². The lowest BCUT2D eigenvalue weighted by molar-refractivity contribution is -0.137. The maximum Gasteiger partial charge on any atom is 0.305 e. The molecule has 0 aliphatic heterocycles. The topological polar surface area (TPSA) is 120 Å². The number of carboxylic acid groups (broad SMARTS) is 1. The van der Waals surface area contributed by atoms with Crippen molar-refractivity contribution in [2.75, 3.05) is 5.32 Å². The average Bonchev–Trinajstić information content (AvgIpc) is 3.34. The Balaban J connectivity index is 1.60. The van der Waals surface area contributed by atoms with E-state index in [1.54, 1.807) is 17.1 Å². The SMILES string of the molecule is CCn1cc(Cn2cc(NC(=O)c3cnn(CCC(=O)O)c3)cn2)c(C)n1. The molecule has 0 radical (unpaired) electrons. The largest absolute Gasteiger partial charge is 0.481 e. The molecule has 0 bridgehead atoms. The number of anilines is 1. The molecule has 142 valence electrons. The third kappa shape index (κ3) is 4.60. The quantitative estimate of drug-likeness (QED) is 0.617. The van der Waals surface area contributed by atoms with Gasteiger partial charge in [-0.15, -0.1) is 0 Å². The van der Waals surface area contributed by atoms with Crippen LogP contribution in [0.2, 0.25) is 0 Å². The summed E-state index contributed by atoms with van der Waals surface area (Å²) in [6, 6.07) is 0. The van der Waals surface area contributed by atoms with Crippen LogP contribution < -0.4 is 5.32 Å². The lowest BCUT2D eigenvalue weighted by Crippen LogP contribution is -2.11. The summed E-state index contributed by atoms with van der Waals surface area (Å²) in [5, 5.41) is 24.1. The van der Waals surface area contributed by atoms with Crippen LogP contribution in [0.25, 0.3) is 0 Å². The van der Waals surface area contributed by atoms with Crippen molar-refractivity contribution in [1.29, 1.82) is 0 Å².